The summed E-state index contributed by atoms with van der Waals surface area (Å²) >= 11 is 1.35. The monoisotopic (exact) mass is 324 g/mol. The van der Waals surface area contributed by atoms with Crippen LogP contribution in [0, 0.1) is 11.3 Å². The first-order chi connectivity index (χ1) is 11.2. The van der Waals surface area contributed by atoms with Gasteiger partial charge >= 0.3 is 0 Å². The fourth-order valence-corrected chi connectivity index (χ4v) is 2.82. The summed E-state index contributed by atoms with van der Waals surface area (Å²) in [6, 6.07) is 5.19. The molecule has 10 heteroatoms. The number of nitrogens with zero attached hydrogens (tertiary/aromatic N) is 7. The maximum atomic E-state index is 12.0. The Morgan fingerprint density at radius 1 is 1.39 bits per heavy atom. The van der Waals surface area contributed by atoms with Gasteiger partial charge < -0.3 is 0 Å². The van der Waals surface area contributed by atoms with E-state index < -0.39 is 0 Å². The molecule has 0 bridgehead atoms. The molecular formula is C13H8N8OS. The minimum absolute atomic E-state index is 0.267. The molecule has 4 aromatic heterocycles. The first kappa shape index (κ1) is 13.5. The standard InChI is InChI=1S/C13H8N8OS/c14-5-8-6-16-21-10(22)4-9(17-11(8)21)7-23-13-18-12-15-2-1-3-20(12)19-13/h1-4,6,16H,7H2. The Balaban J connectivity index is 1.65. The third-order valence-electron chi connectivity index (χ3n) is 3.12. The predicted octanol–water partition coefficient (Wildman–Crippen LogP) is 0.624. The normalized spacial score (nSPS) is 11.1. The SMILES string of the molecule is N#Cc1c[nH]n2c(=O)cc(CSc3nc4ncccn4n3)nc12. The molecule has 112 valence electrons. The number of aromatic nitrogens is 7. The first-order valence-electron chi connectivity index (χ1n) is 6.55. The number of nitriles is 1. The van der Waals surface area contributed by atoms with Crippen LogP contribution in [0.2, 0.25) is 0 Å². The van der Waals surface area contributed by atoms with Crippen molar-refractivity contribution in [3.63, 3.8) is 0 Å². The summed E-state index contributed by atoms with van der Waals surface area (Å²) < 4.78 is 2.81. The topological polar surface area (TPSA) is 117 Å². The quantitative estimate of drug-likeness (QED) is 0.549. The highest BCUT2D eigenvalue weighted by atomic mass is 32.2. The average Bonchev–Trinajstić information content (AvgIpc) is 3.16. The van der Waals surface area contributed by atoms with Gasteiger partial charge in [0.15, 0.2) is 5.65 Å². The Labute approximate surface area is 132 Å². The Morgan fingerprint density at radius 2 is 2.30 bits per heavy atom. The Kier molecular flexibility index (Phi) is 3.06. The van der Waals surface area contributed by atoms with Crippen LogP contribution < -0.4 is 5.56 Å². The molecule has 0 unspecified atom stereocenters. The molecule has 0 aliphatic heterocycles. The minimum atomic E-state index is -0.267. The van der Waals surface area contributed by atoms with Crippen molar-refractivity contribution in [2.75, 3.05) is 0 Å². The van der Waals surface area contributed by atoms with Crippen LogP contribution in [0.15, 0.2) is 40.7 Å². The average molecular weight is 324 g/mol. The highest BCUT2D eigenvalue weighted by molar-refractivity contribution is 7.98. The van der Waals surface area contributed by atoms with Crippen molar-refractivity contribution in [1.29, 1.82) is 5.26 Å². The molecule has 1 N–H and O–H groups in total. The van der Waals surface area contributed by atoms with Gasteiger partial charge in [0.25, 0.3) is 11.3 Å². The lowest BCUT2D eigenvalue weighted by Crippen LogP contribution is -2.15. The van der Waals surface area contributed by atoms with Crippen LogP contribution >= 0.6 is 11.8 Å². The molecule has 0 saturated carbocycles. The predicted molar refractivity (Wildman–Crippen MR) is 80.9 cm³/mol. The zero-order chi connectivity index (χ0) is 15.8. The largest absolute Gasteiger partial charge is 0.295 e. The number of hydrogen-bond acceptors (Lipinski definition) is 7. The number of thioether (sulfide) groups is 1. The molecule has 4 aromatic rings. The third kappa shape index (κ3) is 2.33. The van der Waals surface area contributed by atoms with E-state index in [1.54, 1.807) is 23.0 Å². The number of hydrogen-bond donors (Lipinski definition) is 1. The second-order valence-electron chi connectivity index (χ2n) is 4.59. The molecule has 0 aliphatic rings. The van der Waals surface area contributed by atoms with E-state index >= 15 is 0 Å². The summed E-state index contributed by atoms with van der Waals surface area (Å²) in [5.41, 5.74) is 0.934. The summed E-state index contributed by atoms with van der Waals surface area (Å²) in [5, 5.41) is 16.6. The molecular weight excluding hydrogens is 316 g/mol. The summed E-state index contributed by atoms with van der Waals surface area (Å²) in [5.74, 6) is 0.925. The Hall–Kier alpha value is -3.19. The van der Waals surface area contributed by atoms with E-state index in [4.69, 9.17) is 5.26 Å². The lowest BCUT2D eigenvalue weighted by Gasteiger charge is -1.99. The molecule has 0 radical (unpaired) electrons. The molecule has 0 atom stereocenters. The van der Waals surface area contributed by atoms with Crippen molar-refractivity contribution in [3.05, 3.63) is 52.3 Å². The van der Waals surface area contributed by atoms with Gasteiger partial charge in [0.1, 0.15) is 11.6 Å². The van der Waals surface area contributed by atoms with Crippen LogP contribution in [0.1, 0.15) is 11.3 Å². The molecule has 9 nitrogen and oxygen atoms in total. The van der Waals surface area contributed by atoms with Crippen molar-refractivity contribution >= 4 is 23.2 Å². The molecule has 4 heterocycles. The van der Waals surface area contributed by atoms with E-state index in [9.17, 15) is 4.79 Å². The maximum absolute atomic E-state index is 12.0. The smallest absolute Gasteiger partial charge is 0.272 e. The molecule has 4 rings (SSSR count). The molecule has 0 spiro atoms. The second kappa shape index (κ2) is 5.22. The van der Waals surface area contributed by atoms with Gasteiger partial charge in [0.2, 0.25) is 5.16 Å². The van der Waals surface area contributed by atoms with Crippen molar-refractivity contribution < 1.29 is 0 Å². The van der Waals surface area contributed by atoms with Crippen molar-refractivity contribution in [2.24, 2.45) is 0 Å². The van der Waals surface area contributed by atoms with Crippen LogP contribution in [0.4, 0.5) is 0 Å². The number of nitrogens with one attached hydrogen (secondary N) is 1. The van der Waals surface area contributed by atoms with Gasteiger partial charge in [-0.15, -0.1) is 5.10 Å². The van der Waals surface area contributed by atoms with Crippen LogP contribution in [-0.2, 0) is 5.75 Å². The van der Waals surface area contributed by atoms with E-state index in [1.807, 2.05) is 6.07 Å². The maximum Gasteiger partial charge on any atom is 0.272 e. The summed E-state index contributed by atoms with van der Waals surface area (Å²) in [6.45, 7) is 0. The molecule has 0 aliphatic carbocycles. The zero-order valence-corrected chi connectivity index (χ0v) is 12.4. The van der Waals surface area contributed by atoms with Gasteiger partial charge in [-0.3, -0.25) is 9.89 Å². The van der Waals surface area contributed by atoms with E-state index in [1.165, 1.54) is 28.5 Å². The number of aromatic amines is 1. The van der Waals surface area contributed by atoms with E-state index in [0.29, 0.717) is 33.6 Å². The molecule has 0 fully saturated rings. The van der Waals surface area contributed by atoms with E-state index in [0.717, 1.165) is 0 Å². The Morgan fingerprint density at radius 3 is 3.13 bits per heavy atom. The van der Waals surface area contributed by atoms with E-state index in [-0.39, 0.29) is 5.56 Å². The van der Waals surface area contributed by atoms with Crippen LogP contribution in [0.3, 0.4) is 0 Å². The fourth-order valence-electron chi connectivity index (χ4n) is 2.10. The van der Waals surface area contributed by atoms with Gasteiger partial charge in [-0.05, 0) is 6.07 Å². The van der Waals surface area contributed by atoms with Gasteiger partial charge in [0.05, 0.1) is 5.69 Å². The van der Waals surface area contributed by atoms with Crippen molar-refractivity contribution in [3.8, 4) is 6.07 Å². The highest BCUT2D eigenvalue weighted by Crippen LogP contribution is 2.18. The number of rotatable bonds is 3. The first-order valence-corrected chi connectivity index (χ1v) is 7.53. The van der Waals surface area contributed by atoms with Crippen molar-refractivity contribution in [1.82, 2.24) is 34.2 Å². The van der Waals surface area contributed by atoms with Crippen molar-refractivity contribution in [2.45, 2.75) is 10.9 Å². The van der Waals surface area contributed by atoms with Crippen LogP contribution in [0.5, 0.6) is 0 Å². The van der Waals surface area contributed by atoms with Gasteiger partial charge in [0, 0.05) is 30.4 Å². The molecule has 23 heavy (non-hydrogen) atoms. The zero-order valence-electron chi connectivity index (χ0n) is 11.5. The lowest BCUT2D eigenvalue weighted by molar-refractivity contribution is 0.875. The molecule has 0 amide bonds. The van der Waals surface area contributed by atoms with Gasteiger partial charge in [-0.2, -0.15) is 10.2 Å². The van der Waals surface area contributed by atoms with E-state index in [2.05, 4.69) is 25.1 Å². The number of fused-ring (bicyclic) bond motifs is 2. The lowest BCUT2D eigenvalue weighted by atomic mass is 10.3. The minimum Gasteiger partial charge on any atom is -0.295 e. The third-order valence-corrected chi connectivity index (χ3v) is 3.99. The summed E-state index contributed by atoms with van der Waals surface area (Å²) in [4.78, 5) is 24.7. The second-order valence-corrected chi connectivity index (χ2v) is 5.53. The van der Waals surface area contributed by atoms with Crippen LogP contribution in [0.25, 0.3) is 11.4 Å². The summed E-state index contributed by atoms with van der Waals surface area (Å²) in [6.07, 6.45) is 4.86. The molecule has 0 aromatic carbocycles. The van der Waals surface area contributed by atoms with Gasteiger partial charge in [-0.1, -0.05) is 11.8 Å². The van der Waals surface area contributed by atoms with Crippen LogP contribution in [-0.4, -0.2) is 34.2 Å². The fraction of sp³-hybridized carbons (Fsp3) is 0.0769. The Bertz CT molecular complexity index is 1090. The summed E-state index contributed by atoms with van der Waals surface area (Å²) in [7, 11) is 0. The highest BCUT2D eigenvalue weighted by Gasteiger charge is 2.10. The molecule has 0 saturated heterocycles. The number of H-pyrrole nitrogens is 1. The van der Waals surface area contributed by atoms with Gasteiger partial charge in [-0.25, -0.2) is 19.0 Å².